The molecule has 3 atom stereocenters. The first-order valence-electron chi connectivity index (χ1n) is 19.5. The number of H-pyrrole nitrogens is 2. The highest BCUT2D eigenvalue weighted by molar-refractivity contribution is 6.30. The molecule has 0 aliphatic carbocycles. The fourth-order valence-electron chi connectivity index (χ4n) is 7.29. The third-order valence-corrected chi connectivity index (χ3v) is 10.7. The summed E-state index contributed by atoms with van der Waals surface area (Å²) in [4.78, 5) is 66.4. The quantitative estimate of drug-likeness (QED) is 0.0487. The zero-order valence-electron chi connectivity index (χ0n) is 32.4. The number of methoxy groups -OCH3 is 1. The van der Waals surface area contributed by atoms with E-state index in [4.69, 9.17) is 22.1 Å². The van der Waals surface area contributed by atoms with Gasteiger partial charge in [0.25, 0.3) is 0 Å². The van der Waals surface area contributed by atoms with E-state index in [1.807, 2.05) is 36.5 Å². The normalized spacial score (nSPS) is 12.9. The molecule has 0 bridgehead atoms. The van der Waals surface area contributed by atoms with Crippen molar-refractivity contribution in [3.63, 3.8) is 0 Å². The molecule has 0 saturated carbocycles. The Kier molecular flexibility index (Phi) is 14.3. The van der Waals surface area contributed by atoms with E-state index in [0.717, 1.165) is 44.4 Å². The van der Waals surface area contributed by atoms with Crippen LogP contribution in [0.15, 0.2) is 97.6 Å². The van der Waals surface area contributed by atoms with Gasteiger partial charge in [0.1, 0.15) is 11.5 Å². The molecule has 3 aromatic carbocycles. The number of pyridine rings is 1. The van der Waals surface area contributed by atoms with Crippen LogP contribution in [-0.4, -0.2) is 69.2 Å². The molecule has 0 unspecified atom stereocenters. The van der Waals surface area contributed by atoms with Gasteiger partial charge >= 0.3 is 0 Å². The first-order chi connectivity index (χ1) is 28.1. The number of hydrogen-bond acceptors (Lipinski definition) is 8. The number of ketones is 2. The third kappa shape index (κ3) is 11.1. The first kappa shape index (κ1) is 41.6. The molecule has 13 heteroatoms. The number of benzene rings is 3. The smallest absolute Gasteiger partial charge is 0.224 e. The lowest BCUT2D eigenvalue weighted by atomic mass is 9.88. The molecule has 0 saturated heterocycles. The number of fused-ring (bicyclic) bond motifs is 2. The molecule has 2 amide bonds. The van der Waals surface area contributed by atoms with Crippen molar-refractivity contribution in [1.29, 1.82) is 0 Å². The topological polar surface area (TPSA) is 192 Å². The number of nitrogens with one attached hydrogen (secondary N) is 4. The molecule has 58 heavy (non-hydrogen) atoms. The number of aryl methyl sites for hydroxylation is 1. The SMILES string of the molecule is COc1ccc2c(CCCC(=O)[C@H](Cc3ccncc3)NC(=O)[C@@H](CC(=O)[C@H](Cc3c[nH]c4ccc(O)cc34)NC(=O)CCCN)Cc3ccc(Cl)cc3)c[nH]c2c1. The second-order valence-corrected chi connectivity index (χ2v) is 15.1. The Labute approximate surface area is 341 Å². The molecule has 12 nitrogen and oxygen atoms in total. The molecule has 0 fully saturated rings. The average Bonchev–Trinajstić information content (AvgIpc) is 3.82. The highest BCUT2D eigenvalue weighted by Gasteiger charge is 2.31. The van der Waals surface area contributed by atoms with Gasteiger partial charge in [0.2, 0.25) is 11.8 Å². The summed E-state index contributed by atoms with van der Waals surface area (Å²) in [6.07, 6.45) is 9.32. The zero-order valence-corrected chi connectivity index (χ0v) is 33.2. The highest BCUT2D eigenvalue weighted by atomic mass is 35.5. The Morgan fingerprint density at radius 2 is 1.50 bits per heavy atom. The van der Waals surface area contributed by atoms with Crippen molar-refractivity contribution in [2.45, 2.75) is 69.9 Å². The number of aromatic hydroxyl groups is 1. The predicted octanol–water partition coefficient (Wildman–Crippen LogP) is 6.32. The molecule has 6 rings (SSSR count). The number of nitrogens with two attached hydrogens (primary N) is 1. The van der Waals surface area contributed by atoms with E-state index >= 15 is 0 Å². The Morgan fingerprint density at radius 3 is 2.26 bits per heavy atom. The number of nitrogens with zero attached hydrogens (tertiary/aromatic N) is 1. The minimum absolute atomic E-state index is 0.0674. The van der Waals surface area contributed by atoms with E-state index in [1.165, 1.54) is 0 Å². The molecule has 302 valence electrons. The molecular weight excluding hydrogens is 756 g/mol. The summed E-state index contributed by atoms with van der Waals surface area (Å²) in [6.45, 7) is 0.315. The van der Waals surface area contributed by atoms with Gasteiger partial charge in [0, 0.05) is 89.3 Å². The molecular formula is C45H49ClN6O6. The lowest BCUT2D eigenvalue weighted by Crippen LogP contribution is -2.48. The van der Waals surface area contributed by atoms with Crippen LogP contribution in [0.3, 0.4) is 0 Å². The number of aromatic nitrogens is 3. The number of Topliss-reactive ketones (excluding diaryl/α,β-unsaturated/α-hetero) is 2. The van der Waals surface area contributed by atoms with Crippen LogP contribution in [0.1, 0.15) is 54.4 Å². The molecule has 0 radical (unpaired) electrons. The van der Waals surface area contributed by atoms with Crippen LogP contribution in [-0.2, 0) is 44.9 Å². The number of aromatic amines is 2. The van der Waals surface area contributed by atoms with Crippen LogP contribution in [0.4, 0.5) is 0 Å². The molecule has 6 aromatic rings. The number of halogens is 1. The predicted molar refractivity (Wildman–Crippen MR) is 225 cm³/mol. The van der Waals surface area contributed by atoms with Crippen molar-refractivity contribution in [1.82, 2.24) is 25.6 Å². The lowest BCUT2D eigenvalue weighted by Gasteiger charge is -2.24. The van der Waals surface area contributed by atoms with E-state index in [1.54, 1.807) is 68.2 Å². The van der Waals surface area contributed by atoms with Crippen LogP contribution < -0.4 is 21.1 Å². The van der Waals surface area contributed by atoms with Gasteiger partial charge in [-0.1, -0.05) is 23.7 Å². The summed E-state index contributed by atoms with van der Waals surface area (Å²) in [6, 6.07) is 19.6. The van der Waals surface area contributed by atoms with Crippen molar-refractivity contribution >= 4 is 56.8 Å². The second kappa shape index (κ2) is 19.9. The third-order valence-electron chi connectivity index (χ3n) is 10.5. The van der Waals surface area contributed by atoms with Gasteiger partial charge < -0.3 is 36.2 Å². The lowest BCUT2D eigenvalue weighted by molar-refractivity contribution is -0.133. The summed E-state index contributed by atoms with van der Waals surface area (Å²) in [7, 11) is 1.62. The van der Waals surface area contributed by atoms with Gasteiger partial charge in [0.05, 0.1) is 19.2 Å². The molecule has 3 aromatic heterocycles. The number of phenolic OH excluding ortho intramolecular Hbond substituents is 1. The number of amides is 2. The summed E-state index contributed by atoms with van der Waals surface area (Å²) in [5.74, 6) is -1.33. The Balaban J connectivity index is 1.22. The van der Waals surface area contributed by atoms with Crippen LogP contribution in [0.2, 0.25) is 5.02 Å². The summed E-state index contributed by atoms with van der Waals surface area (Å²) in [5.41, 5.74) is 10.8. The fraction of sp³-hybridized carbons (Fsp3) is 0.311. The van der Waals surface area contributed by atoms with Crippen LogP contribution >= 0.6 is 11.6 Å². The van der Waals surface area contributed by atoms with Crippen molar-refractivity contribution in [2.24, 2.45) is 11.7 Å². The minimum atomic E-state index is -0.980. The number of phenols is 1. The van der Waals surface area contributed by atoms with E-state index in [2.05, 4.69) is 25.6 Å². The van der Waals surface area contributed by atoms with Gasteiger partial charge in [-0.25, -0.2) is 0 Å². The van der Waals surface area contributed by atoms with Gasteiger partial charge in [-0.2, -0.15) is 0 Å². The summed E-state index contributed by atoms with van der Waals surface area (Å²) in [5, 5.41) is 18.4. The highest BCUT2D eigenvalue weighted by Crippen LogP contribution is 2.27. The van der Waals surface area contributed by atoms with Gasteiger partial charge in [-0.05, 0) is 115 Å². The maximum Gasteiger partial charge on any atom is 0.224 e. The van der Waals surface area contributed by atoms with Crippen molar-refractivity contribution in [2.75, 3.05) is 13.7 Å². The summed E-state index contributed by atoms with van der Waals surface area (Å²) < 4.78 is 5.35. The van der Waals surface area contributed by atoms with Gasteiger partial charge in [-0.3, -0.25) is 24.2 Å². The van der Waals surface area contributed by atoms with E-state index in [-0.39, 0.29) is 61.7 Å². The number of carbonyl (C=O) groups excluding carboxylic acids is 4. The molecule has 0 aliphatic heterocycles. The molecule has 3 heterocycles. The summed E-state index contributed by atoms with van der Waals surface area (Å²) >= 11 is 6.19. The second-order valence-electron chi connectivity index (χ2n) is 14.6. The van der Waals surface area contributed by atoms with Gasteiger partial charge in [0.15, 0.2) is 11.6 Å². The van der Waals surface area contributed by atoms with E-state index in [9.17, 15) is 24.3 Å². The standard InChI is InChI=1S/C45H49ClN6O6/c1-58-35-12-13-36-30(26-50-39(36)25-35)4-2-5-42(54)40(21-29-15-18-48-19-16-29)52-45(57)31(20-28-7-9-33(46)10-8-28)23-43(55)41(51-44(56)6-3-17-47)22-32-27-49-38-14-11-34(53)24-37(32)38/h7-16,18-19,24-27,31,40-41,49-50,53H,2-6,17,20-23,47H2,1H3,(H,51,56)(H,52,57)/t31-,40+,41+/m1/s1. The zero-order chi connectivity index (χ0) is 41.0. The van der Waals surface area contributed by atoms with Crippen LogP contribution in [0, 0.1) is 5.92 Å². The molecule has 0 spiro atoms. The fourth-order valence-corrected chi connectivity index (χ4v) is 7.42. The number of hydrogen-bond donors (Lipinski definition) is 6. The number of rotatable bonds is 21. The van der Waals surface area contributed by atoms with Crippen LogP contribution in [0.25, 0.3) is 21.8 Å². The maximum atomic E-state index is 14.4. The van der Waals surface area contributed by atoms with E-state index in [0.29, 0.717) is 36.2 Å². The van der Waals surface area contributed by atoms with Crippen molar-refractivity contribution in [3.8, 4) is 11.5 Å². The van der Waals surface area contributed by atoms with Gasteiger partial charge in [-0.15, -0.1) is 0 Å². The Bertz CT molecular complexity index is 2340. The Morgan fingerprint density at radius 1 is 0.776 bits per heavy atom. The van der Waals surface area contributed by atoms with E-state index < -0.39 is 23.9 Å². The first-order valence-corrected chi connectivity index (χ1v) is 19.9. The van der Waals surface area contributed by atoms with Crippen LogP contribution in [0.5, 0.6) is 11.5 Å². The largest absolute Gasteiger partial charge is 0.508 e. The number of ether oxygens (including phenoxy) is 1. The Hall–Kier alpha value is -5.98. The van der Waals surface area contributed by atoms with Crippen molar-refractivity contribution in [3.05, 3.63) is 125 Å². The number of carbonyl (C=O) groups is 4. The average molecular weight is 805 g/mol. The van der Waals surface area contributed by atoms with Crippen molar-refractivity contribution < 1.29 is 29.0 Å². The minimum Gasteiger partial charge on any atom is -0.508 e. The monoisotopic (exact) mass is 804 g/mol. The molecule has 7 N–H and O–H groups in total. The molecule has 0 aliphatic rings. The maximum absolute atomic E-state index is 14.4.